The van der Waals surface area contributed by atoms with Crippen LogP contribution in [0.25, 0.3) is 10.7 Å². The second-order valence-corrected chi connectivity index (χ2v) is 9.34. The molecular formula is C23H20F2N8OS. The third-order valence-electron chi connectivity index (χ3n) is 5.89. The molecule has 1 atom stereocenters. The number of benzene rings is 1. The molecule has 178 valence electrons. The van der Waals surface area contributed by atoms with Crippen LogP contribution in [-0.4, -0.2) is 63.5 Å². The van der Waals surface area contributed by atoms with Crippen molar-refractivity contribution < 1.29 is 13.6 Å². The summed E-state index contributed by atoms with van der Waals surface area (Å²) >= 11 is 1.27. The summed E-state index contributed by atoms with van der Waals surface area (Å²) in [6.07, 6.45) is 2.06. The first-order valence-electron chi connectivity index (χ1n) is 11.0. The normalized spacial score (nSPS) is 17.7. The van der Waals surface area contributed by atoms with Crippen LogP contribution in [0, 0.1) is 29.9 Å². The Morgan fingerprint density at radius 1 is 1.14 bits per heavy atom. The maximum atomic E-state index is 14.4. The summed E-state index contributed by atoms with van der Waals surface area (Å²) in [5.41, 5.74) is 0.886. The zero-order valence-electron chi connectivity index (χ0n) is 18.7. The van der Waals surface area contributed by atoms with E-state index in [4.69, 9.17) is 5.26 Å². The number of hydrazone groups is 1. The molecule has 2 aliphatic heterocycles. The largest absolute Gasteiger partial charge is 0.353 e. The van der Waals surface area contributed by atoms with Gasteiger partial charge in [-0.1, -0.05) is 11.3 Å². The minimum atomic E-state index is -0.526. The number of pyridine rings is 1. The molecule has 0 bridgehead atoms. The number of carbonyl (C=O) groups excluding carboxylic acids is 1. The summed E-state index contributed by atoms with van der Waals surface area (Å²) < 4.78 is 28.3. The topological polar surface area (TPSA) is 102 Å². The van der Waals surface area contributed by atoms with Crippen LogP contribution in [0.2, 0.25) is 0 Å². The third kappa shape index (κ3) is 4.54. The highest BCUT2D eigenvalue weighted by molar-refractivity contribution is 7.14. The van der Waals surface area contributed by atoms with Gasteiger partial charge in [-0.2, -0.15) is 10.4 Å². The molecular weight excluding hydrogens is 474 g/mol. The Hall–Kier alpha value is -3.98. The Morgan fingerprint density at radius 3 is 2.66 bits per heavy atom. The number of piperazine rings is 1. The van der Waals surface area contributed by atoms with E-state index in [0.29, 0.717) is 49.0 Å². The Morgan fingerprint density at radius 2 is 1.94 bits per heavy atom. The van der Waals surface area contributed by atoms with Crippen molar-refractivity contribution in [3.05, 3.63) is 58.1 Å². The van der Waals surface area contributed by atoms with E-state index in [0.717, 1.165) is 11.1 Å². The zero-order chi connectivity index (χ0) is 24.5. The van der Waals surface area contributed by atoms with E-state index in [-0.39, 0.29) is 17.3 Å². The van der Waals surface area contributed by atoms with E-state index < -0.39 is 17.7 Å². The third-order valence-corrected chi connectivity index (χ3v) is 6.74. The fourth-order valence-electron chi connectivity index (χ4n) is 4.17. The molecule has 0 spiro atoms. The summed E-state index contributed by atoms with van der Waals surface area (Å²) in [6, 6.07) is 8.23. The molecule has 0 N–H and O–H groups in total. The molecule has 5 rings (SSSR count). The predicted octanol–water partition coefficient (Wildman–Crippen LogP) is 3.73. The van der Waals surface area contributed by atoms with E-state index in [1.807, 2.05) is 11.0 Å². The molecule has 1 fully saturated rings. The fraction of sp³-hybridized carbons (Fsp3) is 0.304. The van der Waals surface area contributed by atoms with Crippen molar-refractivity contribution in [3.8, 4) is 16.8 Å². The van der Waals surface area contributed by atoms with Crippen molar-refractivity contribution in [2.75, 3.05) is 31.1 Å². The van der Waals surface area contributed by atoms with Crippen molar-refractivity contribution in [3.63, 3.8) is 0 Å². The molecule has 0 aliphatic carbocycles. The molecule has 9 nitrogen and oxygen atoms in total. The van der Waals surface area contributed by atoms with E-state index in [9.17, 15) is 13.6 Å². The average Bonchev–Trinajstić information content (AvgIpc) is 3.53. The monoisotopic (exact) mass is 494 g/mol. The number of anilines is 1. The van der Waals surface area contributed by atoms with Gasteiger partial charge in [-0.25, -0.2) is 23.6 Å². The van der Waals surface area contributed by atoms with Crippen LogP contribution in [0.5, 0.6) is 0 Å². The molecule has 12 heteroatoms. The first kappa shape index (κ1) is 22.8. The maximum absolute atomic E-state index is 14.4. The van der Waals surface area contributed by atoms with Crippen LogP contribution < -0.4 is 4.90 Å². The number of carbonyl (C=O) groups is 1. The number of nitrogens with zero attached hydrogens (tertiary/aromatic N) is 8. The standard InChI is InChI=1S/C23H20F2N8OS/c1-14-29-30-22(35-14)21-18(25)2-3-20(28-21)31-6-8-32(9-7-31)23(34)33-19(4-5-27-33)16-10-15(13-26)11-17(24)12-16/h2-3,5,10-12,19H,4,6-9H2,1H3. The second-order valence-electron chi connectivity index (χ2n) is 8.16. The van der Waals surface area contributed by atoms with Gasteiger partial charge in [0.1, 0.15) is 22.3 Å². The summed E-state index contributed by atoms with van der Waals surface area (Å²) in [5.74, 6) is -0.391. The van der Waals surface area contributed by atoms with Crippen LogP contribution in [0.3, 0.4) is 0 Å². The average molecular weight is 495 g/mol. The zero-order valence-corrected chi connectivity index (χ0v) is 19.5. The van der Waals surface area contributed by atoms with Gasteiger partial charge in [-0.15, -0.1) is 10.2 Å². The number of amides is 2. The van der Waals surface area contributed by atoms with Crippen molar-refractivity contribution >= 4 is 29.4 Å². The number of aryl methyl sites for hydroxylation is 1. The Balaban J connectivity index is 1.28. The molecule has 1 saturated heterocycles. The van der Waals surface area contributed by atoms with Gasteiger partial charge in [0.2, 0.25) is 0 Å². The number of urea groups is 1. The molecule has 2 aromatic heterocycles. The minimum absolute atomic E-state index is 0.160. The van der Waals surface area contributed by atoms with Crippen LogP contribution in [0.1, 0.15) is 28.6 Å². The maximum Gasteiger partial charge on any atom is 0.341 e. The number of nitriles is 1. The van der Waals surface area contributed by atoms with Gasteiger partial charge in [0.15, 0.2) is 10.8 Å². The minimum Gasteiger partial charge on any atom is -0.353 e. The Kier molecular flexibility index (Phi) is 6.08. The van der Waals surface area contributed by atoms with E-state index in [2.05, 4.69) is 20.3 Å². The lowest BCUT2D eigenvalue weighted by Crippen LogP contribution is -2.52. The second kappa shape index (κ2) is 9.34. The predicted molar refractivity (Wildman–Crippen MR) is 126 cm³/mol. The van der Waals surface area contributed by atoms with Gasteiger partial charge < -0.3 is 9.80 Å². The highest BCUT2D eigenvalue weighted by Gasteiger charge is 2.33. The molecule has 4 heterocycles. The van der Waals surface area contributed by atoms with Crippen molar-refractivity contribution in [1.82, 2.24) is 25.1 Å². The number of rotatable bonds is 3. The van der Waals surface area contributed by atoms with Gasteiger partial charge in [0.25, 0.3) is 0 Å². The first-order valence-corrected chi connectivity index (χ1v) is 11.8. The lowest BCUT2D eigenvalue weighted by atomic mass is 10.0. The molecule has 0 saturated carbocycles. The van der Waals surface area contributed by atoms with E-state index in [1.54, 1.807) is 30.2 Å². The van der Waals surface area contributed by atoms with Gasteiger partial charge in [0.05, 0.1) is 17.7 Å². The molecule has 0 radical (unpaired) electrons. The lowest BCUT2D eigenvalue weighted by molar-refractivity contribution is 0.139. The number of aromatic nitrogens is 3. The van der Waals surface area contributed by atoms with Gasteiger partial charge in [-0.05, 0) is 42.8 Å². The fourth-order valence-corrected chi connectivity index (χ4v) is 4.85. The molecule has 3 aromatic rings. The van der Waals surface area contributed by atoms with Crippen molar-refractivity contribution in [2.24, 2.45) is 5.10 Å². The summed E-state index contributed by atoms with van der Waals surface area (Å²) in [6.45, 7) is 3.62. The number of halogens is 2. The Labute approximate surface area is 203 Å². The first-order chi connectivity index (χ1) is 16.9. The number of hydrogen-bond acceptors (Lipinski definition) is 8. The SMILES string of the molecule is Cc1nnc(-c2nc(N3CCN(C(=O)N4N=CCC4c4cc(F)cc(C#N)c4)CC3)ccc2F)s1. The van der Waals surface area contributed by atoms with Crippen molar-refractivity contribution in [1.29, 1.82) is 5.26 Å². The van der Waals surface area contributed by atoms with Crippen LogP contribution in [-0.2, 0) is 0 Å². The van der Waals surface area contributed by atoms with Gasteiger partial charge >= 0.3 is 6.03 Å². The Bertz CT molecular complexity index is 1350. The molecule has 2 amide bonds. The highest BCUT2D eigenvalue weighted by Crippen LogP contribution is 2.31. The van der Waals surface area contributed by atoms with E-state index >= 15 is 0 Å². The van der Waals surface area contributed by atoms with Crippen LogP contribution in [0.4, 0.5) is 19.4 Å². The molecule has 35 heavy (non-hydrogen) atoms. The van der Waals surface area contributed by atoms with E-state index in [1.165, 1.54) is 28.5 Å². The summed E-state index contributed by atoms with van der Waals surface area (Å²) in [5, 5.41) is 23.8. The quantitative estimate of drug-likeness (QED) is 0.550. The molecule has 2 aliphatic rings. The number of hydrogen-bond donors (Lipinski definition) is 0. The van der Waals surface area contributed by atoms with Gasteiger partial charge in [0, 0.05) is 38.8 Å². The highest BCUT2D eigenvalue weighted by atomic mass is 32.1. The summed E-state index contributed by atoms with van der Waals surface area (Å²) in [7, 11) is 0. The van der Waals surface area contributed by atoms with Crippen LogP contribution in [0.15, 0.2) is 35.4 Å². The molecule has 1 unspecified atom stereocenters. The lowest BCUT2D eigenvalue weighted by Gasteiger charge is -2.37. The van der Waals surface area contributed by atoms with Crippen molar-refractivity contribution in [2.45, 2.75) is 19.4 Å². The van der Waals surface area contributed by atoms with Gasteiger partial charge in [-0.3, -0.25) is 0 Å². The smallest absolute Gasteiger partial charge is 0.341 e. The summed E-state index contributed by atoms with van der Waals surface area (Å²) in [4.78, 5) is 21.4. The molecule has 1 aromatic carbocycles. The van der Waals surface area contributed by atoms with Crippen LogP contribution >= 0.6 is 11.3 Å².